The van der Waals surface area contributed by atoms with E-state index in [1.54, 1.807) is 19.1 Å². The lowest BCUT2D eigenvalue weighted by Crippen LogP contribution is -2.16. The van der Waals surface area contributed by atoms with Crippen LogP contribution in [0.3, 0.4) is 0 Å². The van der Waals surface area contributed by atoms with Gasteiger partial charge in [0.2, 0.25) is 0 Å². The van der Waals surface area contributed by atoms with Crippen molar-refractivity contribution in [3.8, 4) is 5.75 Å². The first kappa shape index (κ1) is 17.6. The van der Waals surface area contributed by atoms with Crippen LogP contribution < -0.4 is 9.96 Å². The van der Waals surface area contributed by atoms with Gasteiger partial charge in [0.05, 0.1) is 26.0 Å². The monoisotopic (exact) mass is 315 g/mol. The second-order valence-corrected chi connectivity index (χ2v) is 4.52. The van der Waals surface area contributed by atoms with E-state index in [1.807, 2.05) is 6.07 Å². The Kier molecular flexibility index (Phi) is 7.96. The first-order chi connectivity index (χ1) is 10.1. The van der Waals surface area contributed by atoms with E-state index in [1.165, 1.54) is 7.11 Å². The number of esters is 1. The first-order valence-corrected chi connectivity index (χ1v) is 7.30. The van der Waals surface area contributed by atoms with E-state index < -0.39 is 0 Å². The van der Waals surface area contributed by atoms with Crippen LogP contribution in [-0.2, 0) is 20.1 Å². The maximum Gasteiger partial charge on any atom is 0.305 e. The highest BCUT2D eigenvalue weighted by Crippen LogP contribution is 2.24. The topological polar surface area (TPSA) is 68.2 Å². The molecule has 1 rings (SSSR count). The molecule has 0 aliphatic heterocycles. The van der Waals surface area contributed by atoms with Gasteiger partial charge in [0, 0.05) is 18.2 Å². The molecule has 0 bridgehead atoms. The van der Waals surface area contributed by atoms with Crippen molar-refractivity contribution in [2.24, 2.45) is 0 Å². The molecule has 0 saturated heterocycles. The Morgan fingerprint density at radius 2 is 2.14 bits per heavy atom. The van der Waals surface area contributed by atoms with Gasteiger partial charge in [0.1, 0.15) is 5.75 Å². The summed E-state index contributed by atoms with van der Waals surface area (Å²) in [7, 11) is 1.35. The summed E-state index contributed by atoms with van der Waals surface area (Å²) in [6.45, 7) is 2.54. The fourth-order valence-electron chi connectivity index (χ4n) is 1.67. The molecule has 118 valence electrons. The van der Waals surface area contributed by atoms with Crippen LogP contribution in [0.4, 0.5) is 5.69 Å². The van der Waals surface area contributed by atoms with Crippen molar-refractivity contribution in [2.45, 2.75) is 25.5 Å². The zero-order valence-electron chi connectivity index (χ0n) is 12.2. The lowest BCUT2D eigenvalue weighted by molar-refractivity contribution is -0.143. The van der Waals surface area contributed by atoms with Crippen LogP contribution in [0.25, 0.3) is 0 Å². The molecule has 0 radical (unpaired) electrons. The normalized spacial score (nSPS) is 10.3. The number of carbonyl (C=O) groups is 1. The summed E-state index contributed by atoms with van der Waals surface area (Å²) in [5, 5.41) is 10.2. The summed E-state index contributed by atoms with van der Waals surface area (Å²) >= 11 is 4.20. The molecule has 21 heavy (non-hydrogen) atoms. The first-order valence-electron chi connectivity index (χ1n) is 6.67. The molecule has 0 atom stereocenters. The smallest absolute Gasteiger partial charge is 0.305 e. The average molecular weight is 315 g/mol. The van der Waals surface area contributed by atoms with Crippen molar-refractivity contribution in [1.82, 2.24) is 0 Å². The van der Waals surface area contributed by atoms with Gasteiger partial charge in [-0.25, -0.2) is 0 Å². The van der Waals surface area contributed by atoms with Gasteiger partial charge in [-0.05, 0) is 31.0 Å². The largest absolute Gasteiger partial charge is 0.493 e. The lowest BCUT2D eigenvalue weighted by Gasteiger charge is -2.16. The summed E-state index contributed by atoms with van der Waals surface area (Å²) in [5.41, 5.74) is 1.33. The molecule has 0 fully saturated rings. The number of thiol groups is 1. The molecule has 0 aromatic heterocycles. The predicted octanol–water partition coefficient (Wildman–Crippen LogP) is 2.60. The van der Waals surface area contributed by atoms with Gasteiger partial charge in [-0.2, -0.15) is 12.6 Å². The van der Waals surface area contributed by atoms with Gasteiger partial charge in [0.25, 0.3) is 0 Å². The standard InChI is InChI=1S/C14H21NO5S/c1-3-19-14(16)5-4-6-20-13-8-11(10-21)7-12(9-13)15(17)18-2/h7-9,17,21H,3-6,10H2,1-2H3. The van der Waals surface area contributed by atoms with Crippen LogP contribution in [0, 0.1) is 0 Å². The van der Waals surface area contributed by atoms with Gasteiger partial charge in [-0.1, -0.05) is 0 Å². The Hall–Kier alpha value is -1.44. The third-order valence-electron chi connectivity index (χ3n) is 2.63. The number of benzene rings is 1. The van der Waals surface area contributed by atoms with Crippen molar-refractivity contribution < 1.29 is 24.3 Å². The number of rotatable bonds is 9. The SMILES string of the molecule is CCOC(=O)CCCOc1cc(CS)cc(N(O)OC)c1. The minimum absolute atomic E-state index is 0.230. The zero-order valence-corrected chi connectivity index (χ0v) is 13.1. The average Bonchev–Trinajstić information content (AvgIpc) is 2.50. The van der Waals surface area contributed by atoms with Crippen LogP contribution in [0.2, 0.25) is 0 Å². The second-order valence-electron chi connectivity index (χ2n) is 4.21. The highest BCUT2D eigenvalue weighted by atomic mass is 32.1. The summed E-state index contributed by atoms with van der Waals surface area (Å²) in [6.07, 6.45) is 0.879. The van der Waals surface area contributed by atoms with Crippen molar-refractivity contribution in [3.63, 3.8) is 0 Å². The molecule has 0 heterocycles. The molecular weight excluding hydrogens is 294 g/mol. The Morgan fingerprint density at radius 3 is 2.76 bits per heavy atom. The summed E-state index contributed by atoms with van der Waals surface area (Å²) in [6, 6.07) is 5.20. The molecular formula is C14H21NO5S. The number of nitrogens with zero attached hydrogens (tertiary/aromatic N) is 1. The van der Waals surface area contributed by atoms with Crippen molar-refractivity contribution >= 4 is 24.3 Å². The van der Waals surface area contributed by atoms with Crippen LogP contribution in [-0.4, -0.2) is 31.5 Å². The van der Waals surface area contributed by atoms with Crippen molar-refractivity contribution in [1.29, 1.82) is 0 Å². The van der Waals surface area contributed by atoms with Crippen LogP contribution in [0.15, 0.2) is 18.2 Å². The molecule has 1 N–H and O–H groups in total. The highest BCUT2D eigenvalue weighted by Gasteiger charge is 2.07. The molecule has 0 aliphatic rings. The number of ether oxygens (including phenoxy) is 2. The lowest BCUT2D eigenvalue weighted by atomic mass is 10.2. The van der Waals surface area contributed by atoms with Gasteiger partial charge in [0.15, 0.2) is 0 Å². The number of carbonyl (C=O) groups excluding carboxylic acids is 1. The summed E-state index contributed by atoms with van der Waals surface area (Å²) in [5.74, 6) is 0.855. The number of anilines is 1. The quantitative estimate of drug-likeness (QED) is 0.316. The van der Waals surface area contributed by atoms with E-state index in [0.29, 0.717) is 48.5 Å². The highest BCUT2D eigenvalue weighted by molar-refractivity contribution is 7.79. The predicted molar refractivity (Wildman–Crippen MR) is 81.8 cm³/mol. The summed E-state index contributed by atoms with van der Waals surface area (Å²) in [4.78, 5) is 15.9. The molecule has 0 spiro atoms. The Labute approximate surface area is 129 Å². The van der Waals surface area contributed by atoms with Crippen LogP contribution in [0.1, 0.15) is 25.3 Å². The maximum absolute atomic E-state index is 11.2. The molecule has 1 aromatic rings. The Morgan fingerprint density at radius 1 is 1.38 bits per heavy atom. The molecule has 6 nitrogen and oxygen atoms in total. The molecule has 7 heteroatoms. The molecule has 0 aliphatic carbocycles. The van der Waals surface area contributed by atoms with Crippen molar-refractivity contribution in [2.75, 3.05) is 25.6 Å². The van der Waals surface area contributed by atoms with Gasteiger partial charge in [-0.3, -0.25) is 14.8 Å². The molecule has 0 amide bonds. The van der Waals surface area contributed by atoms with E-state index in [2.05, 4.69) is 12.6 Å². The van der Waals surface area contributed by atoms with E-state index in [4.69, 9.17) is 14.3 Å². The second kappa shape index (κ2) is 9.49. The van der Waals surface area contributed by atoms with Crippen LogP contribution in [0.5, 0.6) is 5.75 Å². The fraction of sp³-hybridized carbons (Fsp3) is 0.500. The number of hydrogen-bond donors (Lipinski definition) is 2. The number of hydrogen-bond acceptors (Lipinski definition) is 7. The fourth-order valence-corrected chi connectivity index (χ4v) is 1.86. The van der Waals surface area contributed by atoms with Gasteiger partial charge < -0.3 is 9.47 Å². The maximum atomic E-state index is 11.2. The summed E-state index contributed by atoms with van der Waals surface area (Å²) < 4.78 is 10.4. The zero-order chi connectivity index (χ0) is 15.7. The van der Waals surface area contributed by atoms with E-state index in [0.717, 1.165) is 5.56 Å². The third kappa shape index (κ3) is 6.24. The van der Waals surface area contributed by atoms with Gasteiger partial charge >= 0.3 is 5.97 Å². The van der Waals surface area contributed by atoms with Gasteiger partial charge in [-0.15, -0.1) is 5.23 Å². The minimum atomic E-state index is -0.230. The molecule has 1 aromatic carbocycles. The Bertz CT molecular complexity index is 455. The van der Waals surface area contributed by atoms with E-state index in [-0.39, 0.29) is 5.97 Å². The molecule has 0 unspecified atom stereocenters. The van der Waals surface area contributed by atoms with Crippen LogP contribution >= 0.6 is 12.6 Å². The molecule has 0 saturated carbocycles. The third-order valence-corrected chi connectivity index (χ3v) is 2.99. The van der Waals surface area contributed by atoms with E-state index >= 15 is 0 Å². The van der Waals surface area contributed by atoms with E-state index in [9.17, 15) is 10.0 Å². The minimum Gasteiger partial charge on any atom is -0.493 e. The van der Waals surface area contributed by atoms with Crippen molar-refractivity contribution in [3.05, 3.63) is 23.8 Å². The Balaban J connectivity index is 2.56.